The number of aromatic amines is 1. The number of fused-ring (bicyclic) bond motifs is 1. The van der Waals surface area contributed by atoms with Gasteiger partial charge in [0.1, 0.15) is 0 Å². The maximum Gasteiger partial charge on any atom is 0.227 e. The first kappa shape index (κ1) is 16.3. The van der Waals surface area contributed by atoms with Crippen LogP contribution in [0.4, 0.5) is 0 Å². The number of benzene rings is 1. The Morgan fingerprint density at radius 1 is 1.39 bits per heavy atom. The Labute approximate surface area is 140 Å². The molecule has 5 nitrogen and oxygen atoms in total. The molecular weight excluding hydrogens is 314 g/mol. The van der Waals surface area contributed by atoms with Gasteiger partial charge < -0.3 is 20.8 Å². The van der Waals surface area contributed by atoms with Gasteiger partial charge in [-0.3, -0.25) is 4.79 Å². The van der Waals surface area contributed by atoms with E-state index in [2.05, 4.69) is 10.3 Å². The molecule has 2 aromatic rings. The Kier molecular flexibility index (Phi) is 4.90. The van der Waals surface area contributed by atoms with Gasteiger partial charge in [-0.25, -0.2) is 0 Å². The van der Waals surface area contributed by atoms with Crippen molar-refractivity contribution in [2.45, 2.75) is 19.3 Å². The fourth-order valence-electron chi connectivity index (χ4n) is 3.14. The second kappa shape index (κ2) is 6.91. The Hall–Kier alpha value is -1.56. The lowest BCUT2D eigenvalue weighted by molar-refractivity contribution is -0.135. The van der Waals surface area contributed by atoms with Crippen LogP contribution in [0, 0.1) is 5.41 Å². The van der Waals surface area contributed by atoms with E-state index in [9.17, 15) is 4.79 Å². The van der Waals surface area contributed by atoms with Crippen molar-refractivity contribution in [3.63, 3.8) is 0 Å². The van der Waals surface area contributed by atoms with Gasteiger partial charge in [-0.05, 0) is 43.0 Å². The van der Waals surface area contributed by atoms with Gasteiger partial charge in [0.25, 0.3) is 0 Å². The number of halogens is 1. The number of nitrogens with one attached hydrogen (secondary N) is 2. The number of rotatable bonds is 5. The van der Waals surface area contributed by atoms with Gasteiger partial charge in [-0.1, -0.05) is 11.6 Å². The maximum atomic E-state index is 12.5. The van der Waals surface area contributed by atoms with Crippen molar-refractivity contribution in [3.05, 3.63) is 35.0 Å². The van der Waals surface area contributed by atoms with E-state index in [1.807, 2.05) is 24.4 Å². The van der Waals surface area contributed by atoms with Crippen LogP contribution in [-0.2, 0) is 16.0 Å². The van der Waals surface area contributed by atoms with E-state index in [4.69, 9.17) is 22.1 Å². The number of aromatic nitrogens is 1. The Balaban J connectivity index is 1.62. The molecular formula is C17H22ClN3O2. The predicted octanol–water partition coefficient (Wildman–Crippen LogP) is 2.24. The van der Waals surface area contributed by atoms with E-state index < -0.39 is 5.41 Å². The number of nitrogens with two attached hydrogens (primary N) is 1. The average Bonchev–Trinajstić information content (AvgIpc) is 2.97. The molecule has 3 rings (SSSR count). The molecule has 2 heterocycles. The van der Waals surface area contributed by atoms with Crippen LogP contribution in [0.1, 0.15) is 18.4 Å². The average molecular weight is 336 g/mol. The summed E-state index contributed by atoms with van der Waals surface area (Å²) >= 11 is 6.06. The summed E-state index contributed by atoms with van der Waals surface area (Å²) in [5.41, 5.74) is 7.59. The molecule has 6 heteroatoms. The van der Waals surface area contributed by atoms with Gasteiger partial charge in [0.2, 0.25) is 5.91 Å². The lowest BCUT2D eigenvalue weighted by Gasteiger charge is -2.34. The quantitative estimate of drug-likeness (QED) is 0.784. The number of carbonyl (C=O) groups is 1. The molecule has 4 N–H and O–H groups in total. The third-order valence-electron chi connectivity index (χ3n) is 4.73. The van der Waals surface area contributed by atoms with Crippen LogP contribution in [0.2, 0.25) is 5.02 Å². The summed E-state index contributed by atoms with van der Waals surface area (Å²) in [6.07, 6.45) is 4.11. The highest BCUT2D eigenvalue weighted by molar-refractivity contribution is 6.31. The molecule has 1 amide bonds. The van der Waals surface area contributed by atoms with Crippen molar-refractivity contribution in [2.75, 3.05) is 26.3 Å². The van der Waals surface area contributed by atoms with Crippen molar-refractivity contribution in [1.29, 1.82) is 0 Å². The molecule has 0 spiro atoms. The molecule has 23 heavy (non-hydrogen) atoms. The van der Waals surface area contributed by atoms with E-state index in [0.29, 0.717) is 44.2 Å². The summed E-state index contributed by atoms with van der Waals surface area (Å²) < 4.78 is 5.35. The number of ether oxygens (including phenoxy) is 1. The van der Waals surface area contributed by atoms with E-state index in [1.165, 1.54) is 0 Å². The van der Waals surface area contributed by atoms with Gasteiger partial charge in [-0.15, -0.1) is 0 Å². The van der Waals surface area contributed by atoms with Crippen LogP contribution < -0.4 is 11.1 Å². The summed E-state index contributed by atoms with van der Waals surface area (Å²) in [6, 6.07) is 5.78. The maximum absolute atomic E-state index is 12.5. The second-order valence-corrected chi connectivity index (χ2v) is 6.54. The van der Waals surface area contributed by atoms with E-state index in [0.717, 1.165) is 22.9 Å². The molecule has 1 aliphatic rings. The summed E-state index contributed by atoms with van der Waals surface area (Å²) in [6.45, 7) is 2.16. The standard InChI is InChI=1S/C17H22ClN3O2/c18-13-1-2-15-14(9-13)12(10-21-15)3-6-20-16(22)17(11-19)4-7-23-8-5-17/h1-2,9-10,21H,3-8,11,19H2,(H,20,22). The van der Waals surface area contributed by atoms with E-state index >= 15 is 0 Å². The lowest BCUT2D eigenvalue weighted by Crippen LogP contribution is -2.49. The first-order chi connectivity index (χ1) is 11.1. The Bertz CT molecular complexity index is 692. The SMILES string of the molecule is NCC1(C(=O)NCCc2c[nH]c3ccc(Cl)cc23)CCOCC1. The first-order valence-electron chi connectivity index (χ1n) is 7.96. The van der Waals surface area contributed by atoms with Crippen LogP contribution >= 0.6 is 11.6 Å². The second-order valence-electron chi connectivity index (χ2n) is 6.11. The van der Waals surface area contributed by atoms with Crippen LogP contribution in [-0.4, -0.2) is 37.2 Å². The fourth-order valence-corrected chi connectivity index (χ4v) is 3.31. The summed E-state index contributed by atoms with van der Waals surface area (Å²) in [7, 11) is 0. The minimum atomic E-state index is -0.470. The summed E-state index contributed by atoms with van der Waals surface area (Å²) in [4.78, 5) is 15.7. The minimum absolute atomic E-state index is 0.0428. The van der Waals surface area contributed by atoms with Crippen LogP contribution in [0.15, 0.2) is 24.4 Å². The van der Waals surface area contributed by atoms with Crippen molar-refractivity contribution in [3.8, 4) is 0 Å². The van der Waals surface area contributed by atoms with Crippen molar-refractivity contribution < 1.29 is 9.53 Å². The highest BCUT2D eigenvalue weighted by Crippen LogP contribution is 2.29. The van der Waals surface area contributed by atoms with E-state index in [-0.39, 0.29) is 5.91 Å². The zero-order valence-corrected chi connectivity index (χ0v) is 13.8. The normalized spacial score (nSPS) is 17.3. The van der Waals surface area contributed by atoms with Gasteiger partial charge in [0, 0.05) is 48.4 Å². The highest BCUT2D eigenvalue weighted by atomic mass is 35.5. The van der Waals surface area contributed by atoms with Crippen LogP contribution in [0.3, 0.4) is 0 Å². The number of amides is 1. The van der Waals surface area contributed by atoms with Gasteiger partial charge in [-0.2, -0.15) is 0 Å². The van der Waals surface area contributed by atoms with E-state index in [1.54, 1.807) is 0 Å². The molecule has 1 aromatic heterocycles. The molecule has 0 radical (unpaired) electrons. The van der Waals surface area contributed by atoms with Gasteiger partial charge in [0.15, 0.2) is 0 Å². The molecule has 0 atom stereocenters. The molecule has 124 valence electrons. The van der Waals surface area contributed by atoms with Crippen molar-refractivity contribution in [1.82, 2.24) is 10.3 Å². The monoisotopic (exact) mass is 335 g/mol. The third-order valence-corrected chi connectivity index (χ3v) is 4.97. The lowest BCUT2D eigenvalue weighted by atomic mass is 9.79. The van der Waals surface area contributed by atoms with Crippen LogP contribution in [0.25, 0.3) is 10.9 Å². The molecule has 0 saturated carbocycles. The highest BCUT2D eigenvalue weighted by Gasteiger charge is 2.38. The molecule has 0 aliphatic carbocycles. The molecule has 0 bridgehead atoms. The molecule has 1 fully saturated rings. The van der Waals surface area contributed by atoms with Gasteiger partial charge in [0.05, 0.1) is 5.41 Å². The molecule has 0 unspecified atom stereocenters. The zero-order chi connectivity index (χ0) is 16.3. The third kappa shape index (κ3) is 3.37. The number of hydrogen-bond donors (Lipinski definition) is 3. The van der Waals surface area contributed by atoms with Crippen LogP contribution in [0.5, 0.6) is 0 Å². The molecule has 1 aromatic carbocycles. The van der Waals surface area contributed by atoms with Crippen molar-refractivity contribution in [2.24, 2.45) is 11.1 Å². The zero-order valence-electron chi connectivity index (χ0n) is 13.0. The largest absolute Gasteiger partial charge is 0.381 e. The molecule has 1 saturated heterocycles. The van der Waals surface area contributed by atoms with Crippen molar-refractivity contribution >= 4 is 28.4 Å². The van der Waals surface area contributed by atoms with Gasteiger partial charge >= 0.3 is 0 Å². The first-order valence-corrected chi connectivity index (χ1v) is 8.34. The Morgan fingerprint density at radius 2 is 2.17 bits per heavy atom. The molecule has 1 aliphatic heterocycles. The minimum Gasteiger partial charge on any atom is -0.381 e. The topological polar surface area (TPSA) is 80.1 Å². The number of carbonyl (C=O) groups excluding carboxylic acids is 1. The Morgan fingerprint density at radius 3 is 2.91 bits per heavy atom. The smallest absolute Gasteiger partial charge is 0.227 e. The fraction of sp³-hybridized carbons (Fsp3) is 0.471. The summed E-state index contributed by atoms with van der Waals surface area (Å²) in [5, 5.41) is 4.86. The number of hydrogen-bond acceptors (Lipinski definition) is 3. The predicted molar refractivity (Wildman–Crippen MR) is 91.6 cm³/mol. The summed E-state index contributed by atoms with van der Waals surface area (Å²) in [5.74, 6) is 0.0428. The number of H-pyrrole nitrogens is 1.